The molecule has 0 radical (unpaired) electrons. The summed E-state index contributed by atoms with van der Waals surface area (Å²) in [7, 11) is 3.38. The summed E-state index contributed by atoms with van der Waals surface area (Å²) in [5.74, 6) is 0. The first-order chi connectivity index (χ1) is 31.1. The van der Waals surface area contributed by atoms with E-state index in [2.05, 4.69) is 39.8 Å². The molecule has 2 unspecified atom stereocenters. The molecule has 0 aliphatic heterocycles. The van der Waals surface area contributed by atoms with Gasteiger partial charge in [0, 0.05) is 40.6 Å². The van der Waals surface area contributed by atoms with Crippen LogP contribution in [-0.2, 0) is 33.2 Å². The lowest BCUT2D eigenvalue weighted by atomic mass is 10.1. The third-order valence-electron chi connectivity index (χ3n) is 12.1. The quantitative estimate of drug-likeness (QED) is 0.0342. The van der Waals surface area contributed by atoms with Crippen LogP contribution in [0.15, 0.2) is 24.3 Å². The largest absolute Gasteiger partial charge is 0.353 e. The number of rotatable bonds is 54. The summed E-state index contributed by atoms with van der Waals surface area (Å²) < 4.78 is 42.4. The van der Waals surface area contributed by atoms with E-state index in [4.69, 9.17) is 33.2 Å². The molecule has 376 valence electrons. The molecule has 0 bridgehead atoms. The standard InChI is InChI=1S/C56H110O7/c1-7-11-15-19-23-33-41-49-59-55(60-50-42-34-24-20-16-12-8-2)47-39-31-27-29-37-45-53(57-5)63-54(58-6)46-38-30-28-32-40-48-56(61-51-43-35-25-21-17-13-9-3)62-52-44-36-26-22-18-14-10-4/h37-38,45-46,53-56H,7-36,39-44,47-52H2,1-6H3. The third-order valence-corrected chi connectivity index (χ3v) is 12.1. The Kier molecular flexibility index (Phi) is 53.1. The first-order valence-electron chi connectivity index (χ1n) is 27.7. The minimum absolute atomic E-state index is 0.0636. The van der Waals surface area contributed by atoms with E-state index in [0.29, 0.717) is 0 Å². The molecule has 2 atom stereocenters. The molecule has 0 aromatic rings. The highest BCUT2D eigenvalue weighted by molar-refractivity contribution is 4.89. The summed E-state index contributed by atoms with van der Waals surface area (Å²) in [6.45, 7) is 12.4. The van der Waals surface area contributed by atoms with Gasteiger partial charge in [-0.1, -0.05) is 207 Å². The van der Waals surface area contributed by atoms with Crippen LogP contribution >= 0.6 is 0 Å². The highest BCUT2D eigenvalue weighted by atomic mass is 16.8. The van der Waals surface area contributed by atoms with Crippen LogP contribution in [0, 0.1) is 0 Å². The Morgan fingerprint density at radius 2 is 0.556 bits per heavy atom. The average Bonchev–Trinajstić information content (AvgIpc) is 3.30. The fraction of sp³-hybridized carbons (Fsp3) is 0.929. The Labute approximate surface area is 393 Å². The van der Waals surface area contributed by atoms with Gasteiger partial charge >= 0.3 is 0 Å². The van der Waals surface area contributed by atoms with Crippen molar-refractivity contribution in [2.24, 2.45) is 0 Å². The zero-order chi connectivity index (χ0) is 45.8. The van der Waals surface area contributed by atoms with Gasteiger partial charge in [-0.2, -0.15) is 0 Å². The van der Waals surface area contributed by atoms with Crippen LogP contribution in [0.5, 0.6) is 0 Å². The first kappa shape index (κ1) is 62.2. The van der Waals surface area contributed by atoms with Crippen molar-refractivity contribution in [2.75, 3.05) is 40.6 Å². The van der Waals surface area contributed by atoms with Gasteiger partial charge in [-0.25, -0.2) is 0 Å². The number of hydrogen-bond donors (Lipinski definition) is 0. The molecule has 0 aliphatic rings. The van der Waals surface area contributed by atoms with Crippen molar-refractivity contribution in [2.45, 2.75) is 297 Å². The lowest BCUT2D eigenvalue weighted by Crippen LogP contribution is -2.22. The van der Waals surface area contributed by atoms with Crippen LogP contribution in [0.2, 0.25) is 0 Å². The molecular weight excluding hydrogens is 785 g/mol. The second kappa shape index (κ2) is 53.8. The van der Waals surface area contributed by atoms with Crippen molar-refractivity contribution >= 4 is 0 Å². The Hall–Kier alpha value is -0.800. The van der Waals surface area contributed by atoms with Crippen LogP contribution in [-0.4, -0.2) is 65.8 Å². The topological polar surface area (TPSA) is 64.6 Å². The van der Waals surface area contributed by atoms with Gasteiger partial charge in [-0.3, -0.25) is 0 Å². The third kappa shape index (κ3) is 47.5. The second-order valence-electron chi connectivity index (χ2n) is 18.3. The summed E-state index contributed by atoms with van der Waals surface area (Å²) in [5.41, 5.74) is 0. The van der Waals surface area contributed by atoms with Crippen molar-refractivity contribution in [1.29, 1.82) is 0 Å². The fourth-order valence-electron chi connectivity index (χ4n) is 7.93. The van der Waals surface area contributed by atoms with Crippen molar-refractivity contribution in [3.8, 4) is 0 Å². The normalized spacial score (nSPS) is 13.2. The molecule has 7 heteroatoms. The molecule has 63 heavy (non-hydrogen) atoms. The molecule has 0 amide bonds. The molecule has 0 aliphatic carbocycles. The summed E-state index contributed by atoms with van der Waals surface area (Å²) in [6.07, 6.45) is 54.6. The highest BCUT2D eigenvalue weighted by Gasteiger charge is 2.13. The van der Waals surface area contributed by atoms with Crippen LogP contribution in [0.4, 0.5) is 0 Å². The zero-order valence-electron chi connectivity index (χ0n) is 43.2. The van der Waals surface area contributed by atoms with Gasteiger partial charge in [-0.05, 0) is 89.2 Å². The van der Waals surface area contributed by atoms with E-state index < -0.39 is 12.6 Å². The van der Waals surface area contributed by atoms with Crippen molar-refractivity contribution < 1.29 is 33.2 Å². The molecule has 0 N–H and O–H groups in total. The average molecular weight is 895 g/mol. The fourth-order valence-corrected chi connectivity index (χ4v) is 7.93. The minimum Gasteiger partial charge on any atom is -0.353 e. The molecule has 0 saturated carbocycles. The minimum atomic E-state index is -0.442. The predicted octanol–water partition coefficient (Wildman–Crippen LogP) is 17.7. The first-order valence-corrected chi connectivity index (χ1v) is 27.7. The Morgan fingerprint density at radius 1 is 0.302 bits per heavy atom. The SMILES string of the molecule is CCCCCCCCCOC(CCCCCC=CC(OC)OC(C=CCCCCCC(OCCCCCCCCC)OCCCCCCCCC)OC)OCCCCCCCCC. The molecule has 0 aromatic carbocycles. The predicted molar refractivity (Wildman–Crippen MR) is 270 cm³/mol. The van der Waals surface area contributed by atoms with E-state index >= 15 is 0 Å². The lowest BCUT2D eigenvalue weighted by Gasteiger charge is -2.19. The van der Waals surface area contributed by atoms with Gasteiger partial charge < -0.3 is 33.2 Å². The summed E-state index contributed by atoms with van der Waals surface area (Å²) in [6, 6.07) is 0. The number of ether oxygens (including phenoxy) is 7. The molecule has 0 rings (SSSR count). The van der Waals surface area contributed by atoms with E-state index in [1.165, 1.54) is 154 Å². The van der Waals surface area contributed by atoms with Gasteiger partial charge in [0.1, 0.15) is 0 Å². The van der Waals surface area contributed by atoms with Gasteiger partial charge in [0.25, 0.3) is 0 Å². The van der Waals surface area contributed by atoms with Crippen LogP contribution in [0.3, 0.4) is 0 Å². The number of allylic oxidation sites excluding steroid dienone is 2. The van der Waals surface area contributed by atoms with E-state index in [1.54, 1.807) is 14.2 Å². The second-order valence-corrected chi connectivity index (χ2v) is 18.3. The molecule has 0 saturated heterocycles. The molecular formula is C56H110O7. The number of unbranched alkanes of at least 4 members (excludes halogenated alkanes) is 30. The zero-order valence-corrected chi connectivity index (χ0v) is 43.2. The maximum Gasteiger partial charge on any atom is 0.179 e. The summed E-state index contributed by atoms with van der Waals surface area (Å²) in [4.78, 5) is 0. The maximum absolute atomic E-state index is 6.27. The Balaban J connectivity index is 4.49. The summed E-state index contributed by atoms with van der Waals surface area (Å²) in [5, 5.41) is 0. The molecule has 0 spiro atoms. The van der Waals surface area contributed by atoms with Crippen molar-refractivity contribution in [3.63, 3.8) is 0 Å². The molecule has 0 aromatic heterocycles. The van der Waals surface area contributed by atoms with E-state index in [9.17, 15) is 0 Å². The molecule has 0 fully saturated rings. The van der Waals surface area contributed by atoms with Crippen LogP contribution < -0.4 is 0 Å². The van der Waals surface area contributed by atoms with Gasteiger partial charge in [0.15, 0.2) is 25.2 Å². The Morgan fingerprint density at radius 3 is 0.825 bits per heavy atom. The monoisotopic (exact) mass is 895 g/mol. The van der Waals surface area contributed by atoms with Gasteiger partial charge in [-0.15, -0.1) is 0 Å². The number of methoxy groups -OCH3 is 2. The van der Waals surface area contributed by atoms with Crippen LogP contribution in [0.25, 0.3) is 0 Å². The van der Waals surface area contributed by atoms with E-state index in [-0.39, 0.29) is 12.6 Å². The summed E-state index contributed by atoms with van der Waals surface area (Å²) >= 11 is 0. The van der Waals surface area contributed by atoms with Gasteiger partial charge in [0.05, 0.1) is 0 Å². The van der Waals surface area contributed by atoms with E-state index in [0.717, 1.165) is 116 Å². The lowest BCUT2D eigenvalue weighted by molar-refractivity contribution is -0.188. The smallest absolute Gasteiger partial charge is 0.179 e. The maximum atomic E-state index is 6.27. The van der Waals surface area contributed by atoms with Crippen molar-refractivity contribution in [1.82, 2.24) is 0 Å². The van der Waals surface area contributed by atoms with E-state index in [1.807, 2.05) is 12.2 Å². The molecule has 0 heterocycles. The highest BCUT2D eigenvalue weighted by Crippen LogP contribution is 2.17. The Bertz CT molecular complexity index is 787. The molecule has 7 nitrogen and oxygen atoms in total. The van der Waals surface area contributed by atoms with Gasteiger partial charge in [0.2, 0.25) is 0 Å². The number of hydrogen-bond acceptors (Lipinski definition) is 7. The van der Waals surface area contributed by atoms with Crippen molar-refractivity contribution in [3.05, 3.63) is 24.3 Å². The van der Waals surface area contributed by atoms with Crippen LogP contribution in [0.1, 0.15) is 272 Å².